The minimum Gasteiger partial charge on any atom is -0.444 e. The molecular formula is C26H23ClFNO5S. The molecule has 6 nitrogen and oxygen atoms in total. The maximum atomic E-state index is 14.6. The Hall–Kier alpha value is -2.91. The average Bonchev–Trinajstić information content (AvgIpc) is 3.16. The topological polar surface area (TPSA) is 65.1 Å². The van der Waals surface area contributed by atoms with Crippen molar-refractivity contribution in [2.24, 2.45) is 0 Å². The Morgan fingerprint density at radius 2 is 1.86 bits per heavy atom. The van der Waals surface area contributed by atoms with E-state index < -0.39 is 21.7 Å². The lowest BCUT2D eigenvalue weighted by Gasteiger charge is -2.26. The quantitative estimate of drug-likeness (QED) is 0.425. The summed E-state index contributed by atoms with van der Waals surface area (Å²) in [6.45, 7) is 4.18. The lowest BCUT2D eigenvalue weighted by atomic mass is 9.99. The molecule has 35 heavy (non-hydrogen) atoms. The molecule has 2 aliphatic rings. The molecule has 2 heterocycles. The van der Waals surface area contributed by atoms with Crippen molar-refractivity contribution < 1.29 is 26.6 Å². The maximum absolute atomic E-state index is 14.6. The Bertz CT molecular complexity index is 1420. The number of rotatable bonds is 5. The number of nitrogens with zero attached hydrogens (tertiary/aromatic N) is 1. The van der Waals surface area contributed by atoms with Gasteiger partial charge in [0.1, 0.15) is 5.82 Å². The first-order valence-corrected chi connectivity index (χ1v) is 12.9. The summed E-state index contributed by atoms with van der Waals surface area (Å²) in [6, 6.07) is 16.4. The van der Waals surface area contributed by atoms with Crippen LogP contribution in [-0.4, -0.2) is 26.6 Å². The average molecular weight is 516 g/mol. The van der Waals surface area contributed by atoms with Gasteiger partial charge in [-0.1, -0.05) is 47.5 Å². The lowest BCUT2D eigenvalue weighted by Crippen LogP contribution is -2.33. The van der Waals surface area contributed by atoms with Crippen LogP contribution in [0.1, 0.15) is 30.0 Å². The van der Waals surface area contributed by atoms with Crippen LogP contribution in [0, 0.1) is 12.7 Å². The number of hydrogen-bond donors (Lipinski definition) is 0. The molecule has 0 unspecified atom stereocenters. The van der Waals surface area contributed by atoms with Crippen LogP contribution in [0.25, 0.3) is 5.57 Å². The normalized spacial score (nSPS) is 20.1. The fraction of sp³-hybridized carbons (Fsp3) is 0.231. The van der Waals surface area contributed by atoms with Crippen molar-refractivity contribution in [3.05, 3.63) is 94.3 Å². The van der Waals surface area contributed by atoms with E-state index in [0.717, 1.165) is 16.7 Å². The van der Waals surface area contributed by atoms with E-state index in [1.165, 1.54) is 23.3 Å². The summed E-state index contributed by atoms with van der Waals surface area (Å²) in [7, 11) is -3.91. The zero-order valence-corrected chi connectivity index (χ0v) is 20.7. The van der Waals surface area contributed by atoms with Crippen molar-refractivity contribution in [2.75, 3.05) is 13.1 Å². The second-order valence-corrected chi connectivity index (χ2v) is 10.6. The van der Waals surface area contributed by atoms with Gasteiger partial charge in [-0.25, -0.2) is 4.39 Å². The van der Waals surface area contributed by atoms with E-state index in [0.29, 0.717) is 24.5 Å². The van der Waals surface area contributed by atoms with Crippen molar-refractivity contribution in [2.45, 2.75) is 31.0 Å². The summed E-state index contributed by atoms with van der Waals surface area (Å²) < 4.78 is 57.4. The van der Waals surface area contributed by atoms with Gasteiger partial charge in [-0.05, 0) is 55.3 Å². The van der Waals surface area contributed by atoms with Gasteiger partial charge in [-0.15, -0.1) is 0 Å². The van der Waals surface area contributed by atoms with E-state index in [-0.39, 0.29) is 22.0 Å². The molecule has 0 aromatic heterocycles. The minimum absolute atomic E-state index is 0.109. The van der Waals surface area contributed by atoms with Crippen LogP contribution in [0.3, 0.4) is 0 Å². The summed E-state index contributed by atoms with van der Waals surface area (Å²) in [4.78, 5) is 0.109. The molecule has 0 saturated heterocycles. The van der Waals surface area contributed by atoms with E-state index in [1.54, 1.807) is 37.3 Å². The molecule has 2 aliphatic heterocycles. The Kier molecular flexibility index (Phi) is 6.09. The fourth-order valence-corrected chi connectivity index (χ4v) is 5.32. The van der Waals surface area contributed by atoms with Crippen molar-refractivity contribution in [3.63, 3.8) is 0 Å². The maximum Gasteiger partial charge on any atom is 0.313 e. The van der Waals surface area contributed by atoms with Crippen LogP contribution in [-0.2, 0) is 20.2 Å². The molecule has 0 spiro atoms. The fourth-order valence-electron chi connectivity index (χ4n) is 4.20. The predicted molar refractivity (Wildman–Crippen MR) is 130 cm³/mol. The molecule has 0 radical (unpaired) electrons. The number of benzene rings is 3. The SMILES string of the molecule is Cc1ccc(S(=O)(=O)ON2CC=C(c3cccc4c3O[C@@](C)(c3ccc(Cl)cc3F)O4)CC2)cc1. The third kappa shape index (κ3) is 4.67. The van der Waals surface area contributed by atoms with Crippen LogP contribution in [0.5, 0.6) is 11.5 Å². The summed E-state index contributed by atoms with van der Waals surface area (Å²) >= 11 is 5.90. The molecule has 0 saturated carbocycles. The van der Waals surface area contributed by atoms with E-state index in [2.05, 4.69) is 0 Å². The lowest BCUT2D eigenvalue weighted by molar-refractivity contribution is -0.0708. The van der Waals surface area contributed by atoms with Gasteiger partial charge in [0.2, 0.25) is 0 Å². The Labute approximate surface area is 208 Å². The number of fused-ring (bicyclic) bond motifs is 1. The highest BCUT2D eigenvalue weighted by Crippen LogP contribution is 2.49. The molecule has 0 bridgehead atoms. The first-order chi connectivity index (χ1) is 16.6. The van der Waals surface area contributed by atoms with Crippen LogP contribution in [0.15, 0.2) is 71.6 Å². The summed E-state index contributed by atoms with van der Waals surface area (Å²) in [6.07, 6.45) is 2.42. The highest BCUT2D eigenvalue weighted by atomic mass is 35.5. The van der Waals surface area contributed by atoms with Crippen molar-refractivity contribution in [3.8, 4) is 11.5 Å². The van der Waals surface area contributed by atoms with Crippen LogP contribution >= 0.6 is 11.6 Å². The van der Waals surface area contributed by atoms with E-state index >= 15 is 0 Å². The third-order valence-corrected chi connectivity index (χ3v) is 7.52. The van der Waals surface area contributed by atoms with Gasteiger partial charge < -0.3 is 9.47 Å². The number of ether oxygens (including phenoxy) is 2. The molecule has 0 amide bonds. The van der Waals surface area contributed by atoms with E-state index in [4.69, 9.17) is 25.4 Å². The summed E-state index contributed by atoms with van der Waals surface area (Å²) in [5.41, 5.74) is 2.97. The van der Waals surface area contributed by atoms with Gasteiger partial charge in [0.15, 0.2) is 11.5 Å². The second kappa shape index (κ2) is 8.95. The highest BCUT2D eigenvalue weighted by molar-refractivity contribution is 7.86. The third-order valence-electron chi connectivity index (χ3n) is 6.03. The van der Waals surface area contributed by atoms with Gasteiger partial charge in [0.05, 0.1) is 10.5 Å². The molecular weight excluding hydrogens is 493 g/mol. The zero-order valence-electron chi connectivity index (χ0n) is 19.1. The molecule has 5 rings (SSSR count). The first kappa shape index (κ1) is 23.8. The predicted octanol–water partition coefficient (Wildman–Crippen LogP) is 5.84. The van der Waals surface area contributed by atoms with E-state index in [1.807, 2.05) is 25.1 Å². The van der Waals surface area contributed by atoms with E-state index in [9.17, 15) is 12.8 Å². The second-order valence-electron chi connectivity index (χ2n) is 8.62. The number of hydroxylamine groups is 2. The largest absolute Gasteiger partial charge is 0.444 e. The molecule has 3 aromatic rings. The molecule has 0 N–H and O–H groups in total. The van der Waals surface area contributed by atoms with Gasteiger partial charge >= 0.3 is 10.1 Å². The summed E-state index contributed by atoms with van der Waals surface area (Å²) in [5.74, 6) is -0.855. The highest BCUT2D eigenvalue weighted by Gasteiger charge is 2.42. The summed E-state index contributed by atoms with van der Waals surface area (Å²) in [5, 5.41) is 1.70. The molecule has 9 heteroatoms. The number of hydrogen-bond acceptors (Lipinski definition) is 6. The van der Waals surface area contributed by atoms with Gasteiger partial charge in [-0.2, -0.15) is 17.8 Å². The Morgan fingerprint density at radius 3 is 2.54 bits per heavy atom. The van der Waals surface area contributed by atoms with Crippen molar-refractivity contribution in [1.29, 1.82) is 0 Å². The minimum atomic E-state index is -3.91. The monoisotopic (exact) mass is 515 g/mol. The van der Waals surface area contributed by atoms with Crippen LogP contribution < -0.4 is 9.47 Å². The van der Waals surface area contributed by atoms with Crippen molar-refractivity contribution in [1.82, 2.24) is 5.06 Å². The molecule has 182 valence electrons. The van der Waals surface area contributed by atoms with Gasteiger partial charge in [0, 0.05) is 30.6 Å². The van der Waals surface area contributed by atoms with Crippen LogP contribution in [0.2, 0.25) is 5.02 Å². The smallest absolute Gasteiger partial charge is 0.313 e. The number of aryl methyl sites for hydroxylation is 1. The standard InChI is InChI=1S/C26H23ClFNO5S/c1-17-6-9-20(10-7-17)35(30,31)34-29-14-12-18(13-15-29)21-4-3-5-24-25(21)33-26(2,32-24)22-11-8-19(27)16-23(22)28/h3-12,16H,13-15H2,1-2H3/t26-/m0/s1. The number of halogens is 2. The molecule has 3 aromatic carbocycles. The molecule has 0 aliphatic carbocycles. The Balaban J connectivity index is 1.35. The molecule has 1 atom stereocenters. The van der Waals surface area contributed by atoms with Gasteiger partial charge in [-0.3, -0.25) is 0 Å². The first-order valence-electron chi connectivity index (χ1n) is 11.1. The van der Waals surface area contributed by atoms with Gasteiger partial charge in [0.25, 0.3) is 5.79 Å². The molecule has 0 fully saturated rings. The zero-order chi connectivity index (χ0) is 24.8. The Morgan fingerprint density at radius 1 is 1.09 bits per heavy atom. The van der Waals surface area contributed by atoms with Crippen LogP contribution in [0.4, 0.5) is 4.39 Å². The van der Waals surface area contributed by atoms with Crippen molar-refractivity contribution >= 4 is 27.3 Å². The number of para-hydroxylation sites is 1.